The summed E-state index contributed by atoms with van der Waals surface area (Å²) >= 11 is 6.08. The van der Waals surface area contributed by atoms with Crippen molar-refractivity contribution in [2.45, 2.75) is 31.4 Å². The van der Waals surface area contributed by atoms with E-state index < -0.39 is 5.72 Å². The van der Waals surface area contributed by atoms with E-state index in [4.69, 9.17) is 21.1 Å². The zero-order valence-electron chi connectivity index (χ0n) is 15.4. The van der Waals surface area contributed by atoms with Crippen LogP contribution in [-0.2, 0) is 5.72 Å². The number of amidine groups is 1. The molecule has 0 aromatic heterocycles. The van der Waals surface area contributed by atoms with Gasteiger partial charge in [-0.3, -0.25) is 0 Å². The lowest BCUT2D eigenvalue weighted by atomic mass is 10.0. The van der Waals surface area contributed by atoms with E-state index in [0.717, 1.165) is 42.8 Å². The molecule has 28 heavy (non-hydrogen) atoms. The van der Waals surface area contributed by atoms with Crippen molar-refractivity contribution in [3.63, 3.8) is 0 Å². The Bertz CT molecular complexity index is 918. The van der Waals surface area contributed by atoms with Crippen molar-refractivity contribution >= 4 is 23.1 Å². The summed E-state index contributed by atoms with van der Waals surface area (Å²) in [6, 6.07) is 13.6. The summed E-state index contributed by atoms with van der Waals surface area (Å²) in [7, 11) is 0. The Labute approximate surface area is 179 Å². The molecule has 0 saturated carbocycles. The Morgan fingerprint density at radius 3 is 2.61 bits per heavy atom. The van der Waals surface area contributed by atoms with Crippen LogP contribution in [0, 0.1) is 0 Å². The third-order valence-corrected chi connectivity index (χ3v) is 5.96. The summed E-state index contributed by atoms with van der Waals surface area (Å²) in [5, 5.41) is 12.6. The van der Waals surface area contributed by atoms with E-state index in [9.17, 15) is 5.11 Å². The van der Waals surface area contributed by atoms with Gasteiger partial charge < -0.3 is 31.6 Å². The van der Waals surface area contributed by atoms with Crippen LogP contribution in [0.1, 0.15) is 31.2 Å². The van der Waals surface area contributed by atoms with Gasteiger partial charge >= 0.3 is 0 Å². The molecule has 3 heterocycles. The summed E-state index contributed by atoms with van der Waals surface area (Å²) in [6.07, 6.45) is 4.33. The molecular formula is C21H22BrClN2O3. The molecule has 5 rings (SSSR count). The molecule has 0 saturated heterocycles. The maximum Gasteiger partial charge on any atom is 0.271 e. The van der Waals surface area contributed by atoms with Crippen molar-refractivity contribution in [3.8, 4) is 11.5 Å². The quantitative estimate of drug-likeness (QED) is 0.664. The van der Waals surface area contributed by atoms with E-state index in [2.05, 4.69) is 9.48 Å². The van der Waals surface area contributed by atoms with Gasteiger partial charge in [-0.05, 0) is 61.7 Å². The van der Waals surface area contributed by atoms with Crippen LogP contribution in [0.5, 0.6) is 11.5 Å². The van der Waals surface area contributed by atoms with Gasteiger partial charge in [0.1, 0.15) is 5.69 Å². The van der Waals surface area contributed by atoms with E-state index in [0.29, 0.717) is 17.3 Å². The summed E-state index contributed by atoms with van der Waals surface area (Å²) in [6.45, 7) is 1.54. The highest BCUT2D eigenvalue weighted by Gasteiger charge is 2.52. The topological polar surface area (TPSA) is 44.9 Å². The predicted octanol–water partition coefficient (Wildman–Crippen LogP) is 0.723. The van der Waals surface area contributed by atoms with Gasteiger partial charge in [-0.25, -0.2) is 9.48 Å². The number of rotatable bonds is 2. The van der Waals surface area contributed by atoms with Gasteiger partial charge in [0.05, 0.1) is 6.54 Å². The van der Waals surface area contributed by atoms with Gasteiger partial charge in [0.25, 0.3) is 11.6 Å². The SMILES string of the molecule is OC1(c2ccc3c(c2)OCO3)CN(c2ccc(Cl)cc2)C2=[N+]1CCCCC2.[Br-]. The van der Waals surface area contributed by atoms with Gasteiger partial charge in [-0.15, -0.1) is 0 Å². The molecule has 1 unspecified atom stereocenters. The Balaban J connectivity index is 0.00000192. The molecule has 2 aromatic rings. The summed E-state index contributed by atoms with van der Waals surface area (Å²) in [4.78, 5) is 2.23. The summed E-state index contributed by atoms with van der Waals surface area (Å²) in [5.74, 6) is 2.60. The first-order valence-electron chi connectivity index (χ1n) is 9.44. The van der Waals surface area contributed by atoms with Crippen molar-refractivity contribution in [1.82, 2.24) is 0 Å². The average Bonchev–Trinajstić information content (AvgIpc) is 3.16. The molecule has 0 spiro atoms. The van der Waals surface area contributed by atoms with Crippen LogP contribution < -0.4 is 31.4 Å². The number of anilines is 1. The summed E-state index contributed by atoms with van der Waals surface area (Å²) in [5.41, 5.74) is 0.792. The maximum absolute atomic E-state index is 11.8. The minimum Gasteiger partial charge on any atom is -1.00 e. The number of benzene rings is 2. The van der Waals surface area contributed by atoms with Gasteiger partial charge in [0.15, 0.2) is 18.0 Å². The summed E-state index contributed by atoms with van der Waals surface area (Å²) < 4.78 is 13.1. The smallest absolute Gasteiger partial charge is 0.271 e. The predicted molar refractivity (Wildman–Crippen MR) is 104 cm³/mol. The first-order chi connectivity index (χ1) is 13.1. The van der Waals surface area contributed by atoms with Crippen molar-refractivity contribution in [1.29, 1.82) is 0 Å². The number of fused-ring (bicyclic) bond motifs is 1. The van der Waals surface area contributed by atoms with Crippen molar-refractivity contribution in [2.24, 2.45) is 0 Å². The Kier molecular flexibility index (Phi) is 5.29. The molecule has 0 bridgehead atoms. The Morgan fingerprint density at radius 1 is 1.00 bits per heavy atom. The molecule has 0 aliphatic carbocycles. The van der Waals surface area contributed by atoms with Crippen LogP contribution in [0.15, 0.2) is 42.5 Å². The Morgan fingerprint density at radius 2 is 1.79 bits per heavy atom. The van der Waals surface area contributed by atoms with Crippen LogP contribution in [0.3, 0.4) is 0 Å². The minimum absolute atomic E-state index is 0. The van der Waals surface area contributed by atoms with E-state index in [1.165, 1.54) is 12.3 Å². The second-order valence-corrected chi connectivity index (χ2v) is 7.76. The number of hydrogen-bond donors (Lipinski definition) is 1. The zero-order chi connectivity index (χ0) is 18.4. The zero-order valence-corrected chi connectivity index (χ0v) is 17.7. The largest absolute Gasteiger partial charge is 1.00 e. The number of halogens is 2. The lowest BCUT2D eigenvalue weighted by Crippen LogP contribution is -3.00. The lowest BCUT2D eigenvalue weighted by molar-refractivity contribution is -0.658. The second-order valence-electron chi connectivity index (χ2n) is 7.33. The molecule has 3 aliphatic heterocycles. The first kappa shape index (κ1) is 19.6. The van der Waals surface area contributed by atoms with Crippen LogP contribution in [-0.4, -0.2) is 35.4 Å². The van der Waals surface area contributed by atoms with Crippen molar-refractivity contribution < 1.29 is 36.1 Å². The van der Waals surface area contributed by atoms with E-state index in [1.54, 1.807) is 0 Å². The number of nitrogens with zero attached hydrogens (tertiary/aromatic N) is 2. The molecule has 148 valence electrons. The maximum atomic E-state index is 11.8. The molecule has 0 amide bonds. The van der Waals surface area contributed by atoms with Gasteiger partial charge in [-0.2, -0.15) is 0 Å². The van der Waals surface area contributed by atoms with E-state index >= 15 is 0 Å². The normalized spacial score (nSPS) is 23.3. The molecule has 5 nitrogen and oxygen atoms in total. The lowest BCUT2D eigenvalue weighted by Gasteiger charge is -2.23. The van der Waals surface area contributed by atoms with E-state index in [-0.39, 0.29) is 23.8 Å². The third-order valence-electron chi connectivity index (χ3n) is 5.70. The van der Waals surface area contributed by atoms with Gasteiger partial charge in [0, 0.05) is 17.0 Å². The molecule has 3 aliphatic rings. The molecular weight excluding hydrogens is 444 g/mol. The second kappa shape index (κ2) is 7.58. The Hall–Kier alpha value is -1.76. The van der Waals surface area contributed by atoms with E-state index in [1.807, 2.05) is 42.5 Å². The monoisotopic (exact) mass is 464 g/mol. The van der Waals surface area contributed by atoms with Crippen molar-refractivity contribution in [2.75, 3.05) is 24.8 Å². The number of ether oxygens (including phenoxy) is 2. The fraction of sp³-hybridized carbons (Fsp3) is 0.381. The molecule has 0 radical (unpaired) electrons. The van der Waals surface area contributed by atoms with Crippen LogP contribution >= 0.6 is 11.6 Å². The fourth-order valence-corrected chi connectivity index (χ4v) is 4.45. The minimum atomic E-state index is -1.10. The standard InChI is InChI=1S/C21H22ClN2O3.BrH/c22-16-6-8-17(9-7-16)23-13-21(25,24-11-3-1-2-4-20(23)24)15-5-10-18-19(12-15)27-14-26-18;/h5-10,12,25H,1-4,11,13-14H2;1H/q+1;/p-1. The fourth-order valence-electron chi connectivity index (χ4n) is 4.32. The molecule has 0 fully saturated rings. The average molecular weight is 466 g/mol. The molecule has 2 aromatic carbocycles. The van der Waals surface area contributed by atoms with Crippen LogP contribution in [0.2, 0.25) is 5.02 Å². The van der Waals surface area contributed by atoms with Gasteiger partial charge in [-0.1, -0.05) is 11.6 Å². The number of hydrogen-bond acceptors (Lipinski definition) is 4. The molecule has 1 atom stereocenters. The van der Waals surface area contributed by atoms with Gasteiger partial charge in [0.2, 0.25) is 6.79 Å². The highest BCUT2D eigenvalue weighted by atomic mass is 79.9. The van der Waals surface area contributed by atoms with Crippen LogP contribution in [0.4, 0.5) is 5.69 Å². The first-order valence-corrected chi connectivity index (χ1v) is 9.82. The molecule has 7 heteroatoms. The number of aliphatic hydroxyl groups is 1. The third kappa shape index (κ3) is 3.17. The molecule has 1 N–H and O–H groups in total. The van der Waals surface area contributed by atoms with Crippen molar-refractivity contribution in [3.05, 3.63) is 53.1 Å². The van der Waals surface area contributed by atoms with Crippen LogP contribution in [0.25, 0.3) is 0 Å². The highest BCUT2D eigenvalue weighted by Crippen LogP contribution is 2.40. The highest BCUT2D eigenvalue weighted by molar-refractivity contribution is 6.30. The number of β-amino-alcohol motifs (C(OH)–C–C–N with tert-alkyl or cyclic N) is 1.